The SMILES string of the molecule is CCCNC(CC)C(C)N(C)C(C)C(C)C. The average Bonchev–Trinajstić information content (AvgIpc) is 2.27. The molecule has 0 saturated carbocycles. The molecule has 0 saturated heterocycles. The van der Waals surface area contributed by atoms with Crippen LogP contribution in [-0.4, -0.2) is 36.6 Å². The van der Waals surface area contributed by atoms with Crippen molar-refractivity contribution in [2.75, 3.05) is 13.6 Å². The number of hydrogen-bond donors (Lipinski definition) is 1. The number of nitrogens with zero attached hydrogens (tertiary/aromatic N) is 1. The van der Waals surface area contributed by atoms with Gasteiger partial charge in [0.05, 0.1) is 0 Å². The Kier molecular flexibility index (Phi) is 8.04. The normalized spacial score (nSPS) is 17.8. The lowest BCUT2D eigenvalue weighted by Crippen LogP contribution is -2.50. The van der Waals surface area contributed by atoms with Crippen LogP contribution in [0.2, 0.25) is 0 Å². The van der Waals surface area contributed by atoms with E-state index in [0.717, 1.165) is 12.5 Å². The van der Waals surface area contributed by atoms with E-state index in [4.69, 9.17) is 0 Å². The topological polar surface area (TPSA) is 15.3 Å². The van der Waals surface area contributed by atoms with Gasteiger partial charge in [-0.25, -0.2) is 0 Å². The smallest absolute Gasteiger partial charge is 0.0220 e. The van der Waals surface area contributed by atoms with Gasteiger partial charge in [0, 0.05) is 18.1 Å². The second-order valence-corrected chi connectivity index (χ2v) is 5.36. The fourth-order valence-electron chi connectivity index (χ4n) is 2.11. The number of nitrogens with one attached hydrogen (secondary N) is 1. The Morgan fingerprint density at radius 1 is 1.00 bits per heavy atom. The van der Waals surface area contributed by atoms with E-state index in [2.05, 4.69) is 58.8 Å². The average molecular weight is 228 g/mol. The Labute approximate surface area is 103 Å². The van der Waals surface area contributed by atoms with E-state index < -0.39 is 0 Å². The van der Waals surface area contributed by atoms with Gasteiger partial charge in [0.25, 0.3) is 0 Å². The molecule has 0 radical (unpaired) electrons. The van der Waals surface area contributed by atoms with Gasteiger partial charge in [0.2, 0.25) is 0 Å². The zero-order valence-electron chi connectivity index (χ0n) is 12.4. The van der Waals surface area contributed by atoms with Crippen molar-refractivity contribution in [1.29, 1.82) is 0 Å². The van der Waals surface area contributed by atoms with Gasteiger partial charge in [-0.1, -0.05) is 27.7 Å². The maximum atomic E-state index is 3.65. The maximum Gasteiger partial charge on any atom is 0.0220 e. The third kappa shape index (κ3) is 4.84. The van der Waals surface area contributed by atoms with Crippen LogP contribution in [0.25, 0.3) is 0 Å². The monoisotopic (exact) mass is 228 g/mol. The van der Waals surface area contributed by atoms with Crippen LogP contribution < -0.4 is 5.32 Å². The summed E-state index contributed by atoms with van der Waals surface area (Å²) in [5, 5.41) is 3.65. The summed E-state index contributed by atoms with van der Waals surface area (Å²) in [4.78, 5) is 2.52. The first-order valence-electron chi connectivity index (χ1n) is 6.90. The molecule has 0 heterocycles. The summed E-state index contributed by atoms with van der Waals surface area (Å²) in [5.74, 6) is 0.719. The molecule has 0 spiro atoms. The van der Waals surface area contributed by atoms with Gasteiger partial charge in [-0.3, -0.25) is 4.90 Å². The Hall–Kier alpha value is -0.0800. The van der Waals surface area contributed by atoms with Crippen LogP contribution in [-0.2, 0) is 0 Å². The van der Waals surface area contributed by atoms with Gasteiger partial charge in [-0.2, -0.15) is 0 Å². The summed E-state index contributed by atoms with van der Waals surface area (Å²) in [6.07, 6.45) is 2.42. The largest absolute Gasteiger partial charge is 0.312 e. The van der Waals surface area contributed by atoms with Crippen LogP contribution in [0.15, 0.2) is 0 Å². The zero-order chi connectivity index (χ0) is 12.7. The molecule has 3 atom stereocenters. The summed E-state index contributed by atoms with van der Waals surface area (Å²) < 4.78 is 0. The molecule has 0 amide bonds. The summed E-state index contributed by atoms with van der Waals surface area (Å²) in [5.41, 5.74) is 0. The Bertz CT molecular complexity index is 168. The molecule has 0 rings (SSSR count). The van der Waals surface area contributed by atoms with E-state index in [1.165, 1.54) is 12.8 Å². The second kappa shape index (κ2) is 8.08. The molecule has 0 fully saturated rings. The molecule has 1 N–H and O–H groups in total. The molecule has 0 aromatic rings. The summed E-state index contributed by atoms with van der Waals surface area (Å²) in [6, 6.07) is 1.87. The van der Waals surface area contributed by atoms with E-state index in [0.29, 0.717) is 18.1 Å². The zero-order valence-corrected chi connectivity index (χ0v) is 12.4. The number of likely N-dealkylation sites (N-methyl/N-ethyl adjacent to an activating group) is 1. The first kappa shape index (κ1) is 15.9. The third-order valence-corrected chi connectivity index (χ3v) is 3.93. The molecular weight excluding hydrogens is 196 g/mol. The fraction of sp³-hybridized carbons (Fsp3) is 1.00. The minimum Gasteiger partial charge on any atom is -0.312 e. The Balaban J connectivity index is 4.30. The quantitative estimate of drug-likeness (QED) is 0.686. The van der Waals surface area contributed by atoms with Crippen LogP contribution in [0.3, 0.4) is 0 Å². The number of hydrogen-bond acceptors (Lipinski definition) is 2. The number of rotatable bonds is 8. The lowest BCUT2D eigenvalue weighted by Gasteiger charge is -2.37. The van der Waals surface area contributed by atoms with Crippen molar-refractivity contribution in [2.24, 2.45) is 5.92 Å². The van der Waals surface area contributed by atoms with Crippen molar-refractivity contribution in [1.82, 2.24) is 10.2 Å². The molecule has 0 aliphatic rings. The predicted octanol–water partition coefficient (Wildman–Crippen LogP) is 3.13. The highest BCUT2D eigenvalue weighted by molar-refractivity contribution is 4.82. The molecule has 3 unspecified atom stereocenters. The molecule has 0 aliphatic heterocycles. The highest BCUT2D eigenvalue weighted by Crippen LogP contribution is 2.14. The van der Waals surface area contributed by atoms with E-state index in [-0.39, 0.29) is 0 Å². The van der Waals surface area contributed by atoms with E-state index >= 15 is 0 Å². The summed E-state index contributed by atoms with van der Waals surface area (Å²) >= 11 is 0. The molecule has 0 bridgehead atoms. The Morgan fingerprint density at radius 2 is 1.56 bits per heavy atom. The van der Waals surface area contributed by atoms with Crippen LogP contribution >= 0.6 is 0 Å². The molecule has 2 nitrogen and oxygen atoms in total. The minimum absolute atomic E-state index is 0.606. The lowest BCUT2D eigenvalue weighted by molar-refractivity contribution is 0.127. The van der Waals surface area contributed by atoms with Gasteiger partial charge in [0.15, 0.2) is 0 Å². The van der Waals surface area contributed by atoms with Crippen molar-refractivity contribution in [3.8, 4) is 0 Å². The van der Waals surface area contributed by atoms with Crippen LogP contribution in [0.1, 0.15) is 54.4 Å². The molecule has 0 aliphatic carbocycles. The molecule has 98 valence electrons. The maximum absolute atomic E-state index is 3.65. The lowest BCUT2D eigenvalue weighted by atomic mass is 9.99. The minimum atomic E-state index is 0.606. The van der Waals surface area contributed by atoms with Crippen molar-refractivity contribution in [3.63, 3.8) is 0 Å². The van der Waals surface area contributed by atoms with Gasteiger partial charge < -0.3 is 5.32 Å². The molecule has 0 aromatic carbocycles. The highest BCUT2D eigenvalue weighted by Gasteiger charge is 2.23. The predicted molar refractivity (Wildman–Crippen MR) is 73.9 cm³/mol. The molecule has 16 heavy (non-hydrogen) atoms. The van der Waals surface area contributed by atoms with E-state index in [1.807, 2.05) is 0 Å². The fourth-order valence-corrected chi connectivity index (χ4v) is 2.11. The van der Waals surface area contributed by atoms with Gasteiger partial charge in [-0.05, 0) is 46.2 Å². The van der Waals surface area contributed by atoms with Crippen LogP contribution in [0.5, 0.6) is 0 Å². The highest BCUT2D eigenvalue weighted by atomic mass is 15.2. The third-order valence-electron chi connectivity index (χ3n) is 3.93. The molecular formula is C14H32N2. The van der Waals surface area contributed by atoms with Crippen molar-refractivity contribution in [2.45, 2.75) is 72.5 Å². The van der Waals surface area contributed by atoms with Crippen LogP contribution in [0.4, 0.5) is 0 Å². The van der Waals surface area contributed by atoms with E-state index in [9.17, 15) is 0 Å². The standard InChI is InChI=1S/C14H32N2/c1-8-10-15-14(9-2)13(6)16(7)12(5)11(3)4/h11-15H,8-10H2,1-7H3. The molecule has 0 aromatic heterocycles. The van der Waals surface area contributed by atoms with Gasteiger partial charge in [-0.15, -0.1) is 0 Å². The van der Waals surface area contributed by atoms with Crippen molar-refractivity contribution < 1.29 is 0 Å². The summed E-state index contributed by atoms with van der Waals surface area (Å²) in [6.45, 7) is 14.9. The molecule has 2 heteroatoms. The summed E-state index contributed by atoms with van der Waals surface area (Å²) in [7, 11) is 2.26. The van der Waals surface area contributed by atoms with Gasteiger partial charge >= 0.3 is 0 Å². The van der Waals surface area contributed by atoms with E-state index in [1.54, 1.807) is 0 Å². The van der Waals surface area contributed by atoms with Gasteiger partial charge in [0.1, 0.15) is 0 Å². The van der Waals surface area contributed by atoms with Crippen molar-refractivity contribution in [3.05, 3.63) is 0 Å². The van der Waals surface area contributed by atoms with Crippen molar-refractivity contribution >= 4 is 0 Å². The first-order chi connectivity index (χ1) is 7.45. The van der Waals surface area contributed by atoms with Crippen LogP contribution in [0, 0.1) is 5.92 Å². The first-order valence-corrected chi connectivity index (χ1v) is 6.90. The second-order valence-electron chi connectivity index (χ2n) is 5.36. The Morgan fingerprint density at radius 3 is 1.94 bits per heavy atom.